The normalized spacial score (nSPS) is 13.8. The topological polar surface area (TPSA) is 160 Å². The number of rotatable bonds is 9. The number of carbonyl (C=O) groups excluding carboxylic acids is 1. The van der Waals surface area contributed by atoms with Gasteiger partial charge < -0.3 is 19.2 Å². The first kappa shape index (κ1) is 26.5. The number of aromatic amines is 1. The number of thiazole rings is 1. The SMILES string of the molecule is CCNC(=O)Nc1cc(-c2nc(C)cs2)c(-c2cc(-c3n[nH]c(=O)o3)cnc2OCCN2CCOCC2)cn1. The van der Waals surface area contributed by atoms with Gasteiger partial charge in [-0.3, -0.25) is 10.2 Å². The Labute approximate surface area is 227 Å². The highest BCUT2D eigenvalue weighted by Gasteiger charge is 2.20. The predicted molar refractivity (Wildman–Crippen MR) is 145 cm³/mol. The second kappa shape index (κ2) is 12.1. The molecule has 39 heavy (non-hydrogen) atoms. The van der Waals surface area contributed by atoms with E-state index in [1.165, 1.54) is 11.3 Å². The zero-order valence-electron chi connectivity index (χ0n) is 21.5. The molecule has 14 heteroatoms. The van der Waals surface area contributed by atoms with E-state index in [-0.39, 0.29) is 11.9 Å². The van der Waals surface area contributed by atoms with Crippen LogP contribution in [-0.2, 0) is 4.74 Å². The Hall–Kier alpha value is -4.14. The molecule has 0 aliphatic carbocycles. The number of urea groups is 1. The summed E-state index contributed by atoms with van der Waals surface area (Å²) in [4.78, 5) is 39.7. The maximum atomic E-state index is 12.2. The van der Waals surface area contributed by atoms with Gasteiger partial charge in [-0.2, -0.15) is 0 Å². The van der Waals surface area contributed by atoms with Crippen LogP contribution in [-0.4, -0.2) is 82.1 Å². The molecule has 0 atom stereocenters. The fraction of sp³-hybridized carbons (Fsp3) is 0.360. The lowest BCUT2D eigenvalue weighted by Gasteiger charge is -2.26. The molecular weight excluding hydrogens is 524 g/mol. The number of carbonyl (C=O) groups is 1. The number of nitrogens with zero attached hydrogens (tertiary/aromatic N) is 5. The minimum Gasteiger partial charge on any atom is -0.476 e. The largest absolute Gasteiger partial charge is 0.476 e. The molecule has 0 aromatic carbocycles. The molecular formula is C25H28N8O5S. The molecule has 2 amide bonds. The Bertz CT molecular complexity index is 1490. The van der Waals surface area contributed by atoms with E-state index in [1.807, 2.05) is 19.2 Å². The van der Waals surface area contributed by atoms with Gasteiger partial charge >= 0.3 is 11.8 Å². The molecule has 3 N–H and O–H groups in total. The minimum absolute atomic E-state index is 0.0998. The number of H-pyrrole nitrogens is 1. The molecule has 4 aromatic heterocycles. The number of aromatic nitrogens is 5. The number of anilines is 1. The van der Waals surface area contributed by atoms with Crippen LogP contribution >= 0.6 is 11.3 Å². The standard InChI is InChI=1S/C25H28N8O5S/c1-3-26-24(34)30-20-11-18(23-29-15(2)14-39-23)19(13-27-20)17-10-16(21-31-32-25(35)38-21)12-28-22(17)37-9-6-33-4-7-36-8-5-33/h10-14H,3-9H2,1-2H3,(H,32,35)(H2,26,27,30,34). The van der Waals surface area contributed by atoms with Crippen molar-refractivity contribution in [2.75, 3.05) is 51.3 Å². The third-order valence-electron chi connectivity index (χ3n) is 5.91. The predicted octanol–water partition coefficient (Wildman–Crippen LogP) is 2.77. The van der Waals surface area contributed by atoms with Crippen LogP contribution in [0.25, 0.3) is 33.2 Å². The van der Waals surface area contributed by atoms with Gasteiger partial charge in [-0.25, -0.2) is 29.6 Å². The summed E-state index contributed by atoms with van der Waals surface area (Å²) in [6, 6.07) is 3.19. The molecule has 5 rings (SSSR count). The number of morpholine rings is 1. The molecule has 1 aliphatic heterocycles. The maximum absolute atomic E-state index is 12.2. The van der Waals surface area contributed by atoms with Crippen LogP contribution in [0.4, 0.5) is 10.6 Å². The van der Waals surface area contributed by atoms with E-state index < -0.39 is 5.76 Å². The van der Waals surface area contributed by atoms with Crippen molar-refractivity contribution in [3.05, 3.63) is 46.2 Å². The number of pyridine rings is 2. The highest BCUT2D eigenvalue weighted by atomic mass is 32.1. The number of aryl methyl sites for hydroxylation is 1. The summed E-state index contributed by atoms with van der Waals surface area (Å²) in [5, 5.41) is 14.3. The van der Waals surface area contributed by atoms with E-state index in [4.69, 9.17) is 13.9 Å². The number of nitrogens with one attached hydrogen (secondary N) is 3. The lowest BCUT2D eigenvalue weighted by molar-refractivity contribution is 0.0320. The van der Waals surface area contributed by atoms with Gasteiger partial charge in [0, 0.05) is 66.3 Å². The van der Waals surface area contributed by atoms with Crippen LogP contribution in [0, 0.1) is 6.92 Å². The Balaban J connectivity index is 1.55. The van der Waals surface area contributed by atoms with Gasteiger partial charge in [-0.1, -0.05) is 0 Å². The zero-order valence-corrected chi connectivity index (χ0v) is 22.3. The van der Waals surface area contributed by atoms with Crippen molar-refractivity contribution in [1.82, 2.24) is 35.4 Å². The van der Waals surface area contributed by atoms with E-state index in [9.17, 15) is 9.59 Å². The van der Waals surface area contributed by atoms with Crippen LogP contribution in [0.2, 0.25) is 0 Å². The maximum Gasteiger partial charge on any atom is 0.434 e. The van der Waals surface area contributed by atoms with E-state index in [1.54, 1.807) is 24.5 Å². The van der Waals surface area contributed by atoms with Crippen LogP contribution in [0.15, 0.2) is 39.1 Å². The average molecular weight is 553 g/mol. The first-order valence-corrected chi connectivity index (χ1v) is 13.3. The third-order valence-corrected chi connectivity index (χ3v) is 6.90. The smallest absolute Gasteiger partial charge is 0.434 e. The van der Waals surface area contributed by atoms with Gasteiger partial charge in [0.2, 0.25) is 5.88 Å². The number of ether oxygens (including phenoxy) is 2. The summed E-state index contributed by atoms with van der Waals surface area (Å²) in [5.74, 6) is 0.178. The zero-order chi connectivity index (χ0) is 27.2. The number of amides is 2. The highest BCUT2D eigenvalue weighted by molar-refractivity contribution is 7.13. The third kappa shape index (κ3) is 6.47. The second-order valence-corrected chi connectivity index (χ2v) is 9.55. The number of hydrogen-bond acceptors (Lipinski definition) is 11. The van der Waals surface area contributed by atoms with Crippen LogP contribution in [0.5, 0.6) is 5.88 Å². The van der Waals surface area contributed by atoms with Crippen molar-refractivity contribution < 1.29 is 18.7 Å². The summed E-state index contributed by atoms with van der Waals surface area (Å²) in [7, 11) is 0. The lowest BCUT2D eigenvalue weighted by Crippen LogP contribution is -2.38. The Kier molecular flexibility index (Phi) is 8.24. The molecule has 0 radical (unpaired) electrons. The van der Waals surface area contributed by atoms with E-state index in [0.717, 1.165) is 29.4 Å². The Morgan fingerprint density at radius 3 is 2.74 bits per heavy atom. The first-order chi connectivity index (χ1) is 19.0. The molecule has 1 fully saturated rings. The van der Waals surface area contributed by atoms with Gasteiger partial charge in [0.25, 0.3) is 5.89 Å². The molecule has 13 nitrogen and oxygen atoms in total. The molecule has 4 aromatic rings. The fourth-order valence-corrected chi connectivity index (χ4v) is 4.87. The van der Waals surface area contributed by atoms with Crippen molar-refractivity contribution in [3.8, 4) is 39.0 Å². The van der Waals surface area contributed by atoms with Crippen molar-refractivity contribution in [2.24, 2.45) is 0 Å². The van der Waals surface area contributed by atoms with Gasteiger partial charge in [0.1, 0.15) is 17.4 Å². The molecule has 0 saturated carbocycles. The lowest BCUT2D eigenvalue weighted by atomic mass is 10.0. The van der Waals surface area contributed by atoms with Crippen molar-refractivity contribution in [1.29, 1.82) is 0 Å². The molecule has 0 bridgehead atoms. The minimum atomic E-state index is -0.668. The molecule has 1 saturated heterocycles. The fourth-order valence-electron chi connectivity index (χ4n) is 4.04. The van der Waals surface area contributed by atoms with Crippen LogP contribution in [0.3, 0.4) is 0 Å². The number of hydrogen-bond donors (Lipinski definition) is 3. The summed E-state index contributed by atoms with van der Waals surface area (Å²) in [5.41, 5.74) is 3.37. The van der Waals surface area contributed by atoms with Crippen LogP contribution < -0.4 is 21.1 Å². The molecule has 0 unspecified atom stereocenters. The Morgan fingerprint density at radius 2 is 2.03 bits per heavy atom. The van der Waals surface area contributed by atoms with Gasteiger partial charge in [0.15, 0.2) is 0 Å². The monoisotopic (exact) mass is 552 g/mol. The second-order valence-electron chi connectivity index (χ2n) is 8.69. The van der Waals surface area contributed by atoms with Gasteiger partial charge in [-0.05, 0) is 26.0 Å². The Morgan fingerprint density at radius 1 is 1.18 bits per heavy atom. The van der Waals surface area contributed by atoms with Crippen molar-refractivity contribution in [3.63, 3.8) is 0 Å². The molecule has 5 heterocycles. The van der Waals surface area contributed by atoms with Crippen molar-refractivity contribution >= 4 is 23.2 Å². The van der Waals surface area contributed by atoms with Gasteiger partial charge in [0.05, 0.1) is 18.8 Å². The summed E-state index contributed by atoms with van der Waals surface area (Å²) in [6.07, 6.45) is 3.18. The average Bonchev–Trinajstić information content (AvgIpc) is 3.58. The highest BCUT2D eigenvalue weighted by Crippen LogP contribution is 2.39. The quantitative estimate of drug-likeness (QED) is 0.282. The van der Waals surface area contributed by atoms with Gasteiger partial charge in [-0.15, -0.1) is 16.4 Å². The van der Waals surface area contributed by atoms with E-state index in [0.29, 0.717) is 61.3 Å². The van der Waals surface area contributed by atoms with E-state index in [2.05, 4.69) is 40.7 Å². The summed E-state index contributed by atoms with van der Waals surface area (Å²) >= 11 is 1.47. The molecule has 204 valence electrons. The van der Waals surface area contributed by atoms with Crippen molar-refractivity contribution in [2.45, 2.75) is 13.8 Å². The van der Waals surface area contributed by atoms with E-state index >= 15 is 0 Å². The summed E-state index contributed by atoms with van der Waals surface area (Å²) in [6.45, 7) is 8.45. The molecule has 0 spiro atoms. The first-order valence-electron chi connectivity index (χ1n) is 12.5. The van der Waals surface area contributed by atoms with Crippen LogP contribution in [0.1, 0.15) is 12.6 Å². The summed E-state index contributed by atoms with van der Waals surface area (Å²) < 4.78 is 16.8. The molecule has 1 aliphatic rings.